The molecule has 39 heavy (non-hydrogen) atoms. The Morgan fingerprint density at radius 1 is 0.846 bits per heavy atom. The number of hydrogen-bond donors (Lipinski definition) is 0. The first-order valence-electron chi connectivity index (χ1n) is 16.6. The van der Waals surface area contributed by atoms with Crippen LogP contribution < -0.4 is 0 Å². The average molecular weight is 579 g/mol. The van der Waals surface area contributed by atoms with Gasteiger partial charge in [0.15, 0.2) is 16.6 Å². The molecule has 0 amide bonds. The third-order valence-corrected chi connectivity index (χ3v) is 18.4. The van der Waals surface area contributed by atoms with Gasteiger partial charge in [-0.15, -0.1) is 0 Å². The Labute approximate surface area is 243 Å². The number of rotatable bonds is 10. The van der Waals surface area contributed by atoms with Crippen molar-refractivity contribution in [2.45, 2.75) is 149 Å². The lowest BCUT2D eigenvalue weighted by Crippen LogP contribution is -2.60. The highest BCUT2D eigenvalue weighted by Gasteiger charge is 2.63. The molecule has 10 atom stereocenters. The van der Waals surface area contributed by atoms with Crippen molar-refractivity contribution in [3.63, 3.8) is 0 Å². The molecule has 226 valence electrons. The Kier molecular flexibility index (Phi) is 9.64. The minimum atomic E-state index is -1.69. The Hall–Kier alpha value is -0.176. The van der Waals surface area contributed by atoms with Gasteiger partial charge in [0.1, 0.15) is 0 Å². The minimum absolute atomic E-state index is 0.0521. The van der Waals surface area contributed by atoms with Crippen LogP contribution in [-0.4, -0.2) is 41.9 Å². The molecule has 0 saturated heterocycles. The van der Waals surface area contributed by atoms with Crippen LogP contribution in [-0.2, 0) is 18.4 Å². The Balaban J connectivity index is 1.58. The SMILES string of the molecule is CC[Si](C)(C)O[C@@H]1CC[C@]2(C)[C@H]3CC[C@]4(C)[C@@H]([C@H](C)CCC(=O)OC)CC[C@H]4[C@@H]3C[C@H](O[Si](C)(C)CC)[C@@H]2C1. The van der Waals surface area contributed by atoms with E-state index in [0.29, 0.717) is 41.3 Å². The Bertz CT molecular complexity index is 861. The maximum absolute atomic E-state index is 11.9. The highest BCUT2D eigenvalue weighted by atomic mass is 28.4. The first-order chi connectivity index (χ1) is 18.2. The monoisotopic (exact) mass is 578 g/mol. The second-order valence-corrected chi connectivity index (χ2v) is 24.9. The highest BCUT2D eigenvalue weighted by molar-refractivity contribution is 6.71. The average Bonchev–Trinajstić information content (AvgIpc) is 3.25. The molecule has 0 heterocycles. The first kappa shape index (κ1) is 31.8. The molecule has 4 aliphatic rings. The maximum atomic E-state index is 11.9. The summed E-state index contributed by atoms with van der Waals surface area (Å²) < 4.78 is 19.2. The molecule has 4 fully saturated rings. The molecular weight excluding hydrogens is 517 g/mol. The van der Waals surface area contributed by atoms with Crippen molar-refractivity contribution in [1.82, 2.24) is 0 Å². The summed E-state index contributed by atoms with van der Waals surface area (Å²) in [7, 11) is -1.75. The molecule has 4 rings (SSSR count). The van der Waals surface area contributed by atoms with Crippen LogP contribution in [0.3, 0.4) is 0 Å². The number of ether oxygens (including phenoxy) is 1. The minimum Gasteiger partial charge on any atom is -0.469 e. The molecule has 0 aliphatic heterocycles. The fourth-order valence-electron chi connectivity index (χ4n) is 10.1. The van der Waals surface area contributed by atoms with E-state index in [9.17, 15) is 4.79 Å². The summed E-state index contributed by atoms with van der Waals surface area (Å²) in [6.45, 7) is 22.1. The van der Waals surface area contributed by atoms with E-state index in [1.54, 1.807) is 0 Å². The van der Waals surface area contributed by atoms with Gasteiger partial charge in [0.2, 0.25) is 0 Å². The smallest absolute Gasteiger partial charge is 0.305 e. The molecule has 4 saturated carbocycles. The third kappa shape index (κ3) is 6.29. The van der Waals surface area contributed by atoms with Crippen LogP contribution in [0.2, 0.25) is 38.3 Å². The van der Waals surface area contributed by atoms with Gasteiger partial charge in [-0.1, -0.05) is 34.6 Å². The lowest BCUT2D eigenvalue weighted by Gasteiger charge is -2.64. The zero-order valence-electron chi connectivity index (χ0n) is 27.2. The number of carbonyl (C=O) groups is 1. The Morgan fingerprint density at radius 2 is 1.46 bits per heavy atom. The van der Waals surface area contributed by atoms with Gasteiger partial charge in [-0.2, -0.15) is 0 Å². The van der Waals surface area contributed by atoms with Gasteiger partial charge in [0.05, 0.1) is 7.11 Å². The predicted octanol–water partition coefficient (Wildman–Crippen LogP) is 9.06. The van der Waals surface area contributed by atoms with Crippen molar-refractivity contribution >= 4 is 22.6 Å². The molecule has 4 nitrogen and oxygen atoms in total. The summed E-state index contributed by atoms with van der Waals surface area (Å²) in [6.07, 6.45) is 12.8. The fourth-order valence-corrected chi connectivity index (χ4v) is 12.7. The highest BCUT2D eigenvalue weighted by Crippen LogP contribution is 2.69. The van der Waals surface area contributed by atoms with Gasteiger partial charge in [-0.05, 0) is 142 Å². The van der Waals surface area contributed by atoms with Gasteiger partial charge in [-0.25, -0.2) is 0 Å². The lowest BCUT2D eigenvalue weighted by atomic mass is 9.43. The van der Waals surface area contributed by atoms with Gasteiger partial charge >= 0.3 is 5.97 Å². The molecule has 0 aromatic rings. The molecule has 0 N–H and O–H groups in total. The zero-order valence-corrected chi connectivity index (χ0v) is 29.2. The topological polar surface area (TPSA) is 44.8 Å². The van der Waals surface area contributed by atoms with Crippen molar-refractivity contribution in [3.05, 3.63) is 0 Å². The van der Waals surface area contributed by atoms with Crippen LogP contribution >= 0.6 is 0 Å². The molecule has 0 aromatic carbocycles. The van der Waals surface area contributed by atoms with Gasteiger partial charge < -0.3 is 13.6 Å². The maximum Gasteiger partial charge on any atom is 0.305 e. The summed E-state index contributed by atoms with van der Waals surface area (Å²) in [5.41, 5.74) is 0.776. The number of fused-ring (bicyclic) bond motifs is 5. The van der Waals surface area contributed by atoms with Crippen molar-refractivity contribution in [2.24, 2.45) is 46.3 Å². The molecule has 0 aromatic heterocycles. The predicted molar refractivity (Wildman–Crippen MR) is 167 cm³/mol. The van der Waals surface area contributed by atoms with Crippen LogP contribution in [0.4, 0.5) is 0 Å². The standard InChI is InChI=1S/C33H62O4Si2/c1-11-38(7,8)36-24-17-19-33(5)28-18-20-32(4)26(23(3)13-16-31(34)35-6)14-15-27(32)25(28)22-30(29(33)21-24)37-39(9,10)12-2/h23-30H,11-22H2,1-10H3/t23-,24-,25+,26-,27+,28+,29+,30+,32-,33-/m1/s1. The van der Waals surface area contributed by atoms with Crippen molar-refractivity contribution in [3.8, 4) is 0 Å². The van der Waals surface area contributed by atoms with E-state index >= 15 is 0 Å². The quantitative estimate of drug-likeness (QED) is 0.192. The normalized spacial score (nSPS) is 41.3. The van der Waals surface area contributed by atoms with Gasteiger partial charge in [0.25, 0.3) is 0 Å². The van der Waals surface area contributed by atoms with Gasteiger partial charge in [0, 0.05) is 18.6 Å². The molecule has 0 unspecified atom stereocenters. The van der Waals surface area contributed by atoms with Crippen LogP contribution in [0.15, 0.2) is 0 Å². The first-order valence-corrected chi connectivity index (χ1v) is 22.8. The van der Waals surface area contributed by atoms with E-state index in [1.165, 1.54) is 70.6 Å². The van der Waals surface area contributed by atoms with Crippen molar-refractivity contribution in [2.75, 3.05) is 7.11 Å². The number of esters is 1. The number of hydrogen-bond acceptors (Lipinski definition) is 4. The third-order valence-electron chi connectivity index (χ3n) is 13.1. The molecule has 0 spiro atoms. The molecule has 4 aliphatic carbocycles. The Morgan fingerprint density at radius 3 is 2.10 bits per heavy atom. The largest absolute Gasteiger partial charge is 0.469 e. The zero-order chi connectivity index (χ0) is 28.8. The van der Waals surface area contributed by atoms with E-state index in [2.05, 4.69) is 60.8 Å². The second-order valence-electron chi connectivity index (χ2n) is 15.9. The van der Waals surface area contributed by atoms with E-state index in [4.69, 9.17) is 13.6 Å². The molecule has 6 heteroatoms. The summed E-state index contributed by atoms with van der Waals surface area (Å²) in [6, 6.07) is 2.39. The summed E-state index contributed by atoms with van der Waals surface area (Å²) in [4.78, 5) is 11.9. The fraction of sp³-hybridized carbons (Fsp3) is 0.970. The number of carbonyl (C=O) groups excluding carboxylic acids is 1. The second kappa shape index (κ2) is 11.8. The molecule has 0 bridgehead atoms. The molecular formula is C33H62O4Si2. The van der Waals surface area contributed by atoms with Crippen molar-refractivity contribution in [1.29, 1.82) is 0 Å². The van der Waals surface area contributed by atoms with E-state index < -0.39 is 16.6 Å². The van der Waals surface area contributed by atoms with Crippen LogP contribution in [0, 0.1) is 46.3 Å². The van der Waals surface area contributed by atoms with Crippen LogP contribution in [0.1, 0.15) is 98.8 Å². The summed E-state index contributed by atoms with van der Waals surface area (Å²) in [5, 5.41) is 0. The summed E-state index contributed by atoms with van der Waals surface area (Å²) >= 11 is 0. The number of methoxy groups -OCH3 is 1. The summed E-state index contributed by atoms with van der Waals surface area (Å²) in [5.74, 6) is 4.31. The van der Waals surface area contributed by atoms with E-state index in [1.807, 2.05) is 0 Å². The molecule has 0 radical (unpaired) electrons. The van der Waals surface area contributed by atoms with Crippen molar-refractivity contribution < 1.29 is 18.4 Å². The van der Waals surface area contributed by atoms with Crippen LogP contribution in [0.5, 0.6) is 0 Å². The van der Waals surface area contributed by atoms with E-state index in [-0.39, 0.29) is 5.97 Å². The van der Waals surface area contributed by atoms with Crippen LogP contribution in [0.25, 0.3) is 0 Å². The van der Waals surface area contributed by atoms with E-state index in [0.717, 1.165) is 30.1 Å². The lowest BCUT2D eigenvalue weighted by molar-refractivity contribution is -0.166. The van der Waals surface area contributed by atoms with Gasteiger partial charge in [-0.3, -0.25) is 4.79 Å².